The number of para-hydroxylation sites is 1. The van der Waals surface area contributed by atoms with Gasteiger partial charge >= 0.3 is 0 Å². The molecule has 0 unspecified atom stereocenters. The van der Waals surface area contributed by atoms with Gasteiger partial charge in [-0.25, -0.2) is 5.43 Å². The SMILES string of the molecule is O=C(CSc1nnc(-c2ccc(Cl)cc2)n1-c1ccccc1)N/N=C/c1cc(Br)cc(Br)c1O. The molecule has 4 aromatic rings. The van der Waals surface area contributed by atoms with Crippen LogP contribution in [0.4, 0.5) is 0 Å². The first-order chi connectivity index (χ1) is 16.4. The van der Waals surface area contributed by atoms with Gasteiger partial charge in [0.2, 0.25) is 0 Å². The van der Waals surface area contributed by atoms with E-state index in [9.17, 15) is 9.90 Å². The lowest BCUT2D eigenvalue weighted by Crippen LogP contribution is -2.20. The van der Waals surface area contributed by atoms with E-state index >= 15 is 0 Å². The largest absolute Gasteiger partial charge is 0.506 e. The Hall–Kier alpha value is -2.66. The first-order valence-electron chi connectivity index (χ1n) is 9.82. The van der Waals surface area contributed by atoms with E-state index in [1.54, 1.807) is 24.3 Å². The molecule has 2 N–H and O–H groups in total. The molecule has 0 atom stereocenters. The van der Waals surface area contributed by atoms with Gasteiger partial charge in [0.15, 0.2) is 11.0 Å². The highest BCUT2D eigenvalue weighted by Crippen LogP contribution is 2.31. The van der Waals surface area contributed by atoms with Gasteiger partial charge in [0.05, 0.1) is 16.4 Å². The minimum Gasteiger partial charge on any atom is -0.506 e. The van der Waals surface area contributed by atoms with Crippen molar-refractivity contribution in [3.05, 3.63) is 86.3 Å². The predicted octanol–water partition coefficient (Wildman–Crippen LogP) is 6.06. The van der Waals surface area contributed by atoms with Crippen LogP contribution in [-0.4, -0.2) is 37.7 Å². The Morgan fingerprint density at radius 3 is 2.59 bits per heavy atom. The number of nitrogens with one attached hydrogen (secondary N) is 1. The summed E-state index contributed by atoms with van der Waals surface area (Å²) in [5.74, 6) is 0.406. The molecule has 1 heterocycles. The van der Waals surface area contributed by atoms with Crippen LogP contribution in [0.5, 0.6) is 5.75 Å². The molecule has 1 aromatic heterocycles. The van der Waals surface area contributed by atoms with Crippen molar-refractivity contribution >= 4 is 67.3 Å². The number of halogens is 3. The van der Waals surface area contributed by atoms with Crippen molar-refractivity contribution < 1.29 is 9.90 Å². The number of rotatable bonds is 7. The lowest BCUT2D eigenvalue weighted by atomic mass is 10.2. The van der Waals surface area contributed by atoms with Gasteiger partial charge in [0.25, 0.3) is 5.91 Å². The van der Waals surface area contributed by atoms with Crippen LogP contribution in [0, 0.1) is 0 Å². The van der Waals surface area contributed by atoms with Gasteiger partial charge in [0.1, 0.15) is 5.75 Å². The summed E-state index contributed by atoms with van der Waals surface area (Å²) in [6.07, 6.45) is 1.37. The van der Waals surface area contributed by atoms with Crippen molar-refractivity contribution in [3.8, 4) is 22.8 Å². The van der Waals surface area contributed by atoms with Gasteiger partial charge in [-0.3, -0.25) is 9.36 Å². The summed E-state index contributed by atoms with van der Waals surface area (Å²) in [7, 11) is 0. The van der Waals surface area contributed by atoms with Gasteiger partial charge < -0.3 is 5.11 Å². The Bertz CT molecular complexity index is 1350. The molecule has 0 bridgehead atoms. The normalized spacial score (nSPS) is 11.1. The van der Waals surface area contributed by atoms with E-state index < -0.39 is 0 Å². The van der Waals surface area contributed by atoms with Crippen molar-refractivity contribution in [2.45, 2.75) is 5.16 Å². The highest BCUT2D eigenvalue weighted by molar-refractivity contribution is 9.11. The fourth-order valence-electron chi connectivity index (χ4n) is 2.98. The van der Waals surface area contributed by atoms with E-state index in [-0.39, 0.29) is 17.4 Å². The van der Waals surface area contributed by atoms with Gasteiger partial charge in [0, 0.05) is 26.3 Å². The monoisotopic (exact) mass is 619 g/mol. The number of nitrogens with zero attached hydrogens (tertiary/aromatic N) is 4. The number of hydrogen-bond acceptors (Lipinski definition) is 6. The molecule has 0 aliphatic carbocycles. The predicted molar refractivity (Wildman–Crippen MR) is 142 cm³/mol. The number of carbonyl (C=O) groups excluding carboxylic acids is 1. The summed E-state index contributed by atoms with van der Waals surface area (Å²) >= 11 is 13.9. The number of hydrazone groups is 1. The first kappa shape index (κ1) is 24.5. The first-order valence-corrected chi connectivity index (χ1v) is 12.8. The van der Waals surface area contributed by atoms with Crippen LogP contribution in [-0.2, 0) is 4.79 Å². The van der Waals surface area contributed by atoms with E-state index in [2.05, 4.69) is 52.6 Å². The summed E-state index contributed by atoms with van der Waals surface area (Å²) < 4.78 is 3.17. The molecule has 4 rings (SSSR count). The smallest absolute Gasteiger partial charge is 0.250 e. The lowest BCUT2D eigenvalue weighted by Gasteiger charge is -2.10. The second kappa shape index (κ2) is 11.2. The van der Waals surface area contributed by atoms with Crippen molar-refractivity contribution in [1.29, 1.82) is 0 Å². The third-order valence-electron chi connectivity index (χ3n) is 4.53. The van der Waals surface area contributed by atoms with Crippen LogP contribution in [0.3, 0.4) is 0 Å². The maximum absolute atomic E-state index is 12.4. The quantitative estimate of drug-likeness (QED) is 0.149. The Morgan fingerprint density at radius 2 is 1.85 bits per heavy atom. The van der Waals surface area contributed by atoms with Crippen LogP contribution < -0.4 is 5.43 Å². The zero-order valence-electron chi connectivity index (χ0n) is 17.3. The number of carbonyl (C=O) groups is 1. The zero-order valence-corrected chi connectivity index (χ0v) is 22.1. The highest BCUT2D eigenvalue weighted by atomic mass is 79.9. The number of aromatic hydroxyl groups is 1. The van der Waals surface area contributed by atoms with Crippen molar-refractivity contribution in [3.63, 3.8) is 0 Å². The highest BCUT2D eigenvalue weighted by Gasteiger charge is 2.17. The van der Waals surface area contributed by atoms with Gasteiger partial charge in [-0.1, -0.05) is 57.5 Å². The van der Waals surface area contributed by atoms with Crippen LogP contribution in [0.15, 0.2) is 85.9 Å². The fraction of sp³-hybridized carbons (Fsp3) is 0.0435. The van der Waals surface area contributed by atoms with Gasteiger partial charge in [-0.2, -0.15) is 5.10 Å². The van der Waals surface area contributed by atoms with E-state index in [1.807, 2.05) is 47.0 Å². The maximum Gasteiger partial charge on any atom is 0.250 e. The molecule has 3 aromatic carbocycles. The maximum atomic E-state index is 12.4. The molecular formula is C23H16Br2ClN5O2S. The lowest BCUT2D eigenvalue weighted by molar-refractivity contribution is -0.118. The summed E-state index contributed by atoms with van der Waals surface area (Å²) in [5, 5.41) is 23.9. The minimum absolute atomic E-state index is 0.0289. The van der Waals surface area contributed by atoms with Crippen LogP contribution in [0.25, 0.3) is 17.1 Å². The van der Waals surface area contributed by atoms with Gasteiger partial charge in [-0.15, -0.1) is 10.2 Å². The molecular weight excluding hydrogens is 606 g/mol. The van der Waals surface area contributed by atoms with Gasteiger partial charge in [-0.05, 0) is 64.5 Å². The van der Waals surface area contributed by atoms with Crippen LogP contribution >= 0.6 is 55.2 Å². The molecule has 0 aliphatic rings. The number of benzene rings is 3. The third-order valence-corrected chi connectivity index (χ3v) is 6.78. The van der Waals surface area contributed by atoms with Crippen LogP contribution in [0.1, 0.15) is 5.56 Å². The molecule has 1 amide bonds. The fourth-order valence-corrected chi connectivity index (χ4v) is 5.11. The van der Waals surface area contributed by atoms with E-state index in [0.717, 1.165) is 15.7 Å². The standard InChI is InChI=1S/C23H16Br2ClN5O2S/c24-16-10-15(21(33)19(25)11-16)12-27-28-20(32)13-34-23-30-29-22(14-6-8-17(26)9-7-14)31(23)18-4-2-1-3-5-18/h1-12,33H,13H2,(H,28,32)/b27-12+. The molecule has 0 saturated heterocycles. The molecule has 34 heavy (non-hydrogen) atoms. The Morgan fingerprint density at radius 1 is 1.12 bits per heavy atom. The van der Waals surface area contributed by atoms with Crippen molar-refractivity contribution in [2.24, 2.45) is 5.10 Å². The van der Waals surface area contributed by atoms with Crippen molar-refractivity contribution in [1.82, 2.24) is 20.2 Å². The number of amides is 1. The summed E-state index contributed by atoms with van der Waals surface area (Å²) in [6, 6.07) is 20.4. The number of phenolic OH excluding ortho intramolecular Hbond substituents is 1. The molecule has 0 radical (unpaired) electrons. The summed E-state index contributed by atoms with van der Waals surface area (Å²) in [4.78, 5) is 12.4. The zero-order chi connectivity index (χ0) is 24.1. The van der Waals surface area contributed by atoms with E-state index in [1.165, 1.54) is 18.0 Å². The number of phenols is 1. The van der Waals surface area contributed by atoms with Crippen LogP contribution in [0.2, 0.25) is 5.02 Å². The Labute approximate surface area is 221 Å². The molecule has 172 valence electrons. The summed E-state index contributed by atoms with van der Waals surface area (Å²) in [6.45, 7) is 0. The Kier molecular flexibility index (Phi) is 8.04. The van der Waals surface area contributed by atoms with E-state index in [0.29, 0.717) is 26.0 Å². The molecule has 0 aliphatic heterocycles. The second-order valence-electron chi connectivity index (χ2n) is 6.89. The molecule has 7 nitrogen and oxygen atoms in total. The molecule has 0 spiro atoms. The number of aromatic nitrogens is 3. The topological polar surface area (TPSA) is 92.4 Å². The van der Waals surface area contributed by atoms with Crippen molar-refractivity contribution in [2.75, 3.05) is 5.75 Å². The Balaban J connectivity index is 1.50. The molecule has 0 saturated carbocycles. The van der Waals surface area contributed by atoms with E-state index in [4.69, 9.17) is 11.6 Å². The second-order valence-corrected chi connectivity index (χ2v) is 10.0. The average Bonchev–Trinajstić information content (AvgIpc) is 3.25. The average molecular weight is 622 g/mol. The third kappa shape index (κ3) is 5.87. The summed E-state index contributed by atoms with van der Waals surface area (Å²) in [5.41, 5.74) is 4.64. The minimum atomic E-state index is -0.328. The molecule has 11 heteroatoms. The number of hydrogen-bond donors (Lipinski definition) is 2. The number of thioether (sulfide) groups is 1. The molecule has 0 fully saturated rings.